The van der Waals surface area contributed by atoms with E-state index in [1.165, 1.54) is 0 Å². The molecule has 0 rings (SSSR count). The van der Waals surface area contributed by atoms with Crippen LogP contribution in [-0.4, -0.2) is 35.5 Å². The van der Waals surface area contributed by atoms with Gasteiger partial charge in [-0.15, -0.1) is 0 Å². The third-order valence-corrected chi connectivity index (χ3v) is 3.53. The average molecular weight is 221 g/mol. The van der Waals surface area contributed by atoms with Crippen LogP contribution in [0.25, 0.3) is 0 Å². The first kappa shape index (κ1) is 14.1. The van der Waals surface area contributed by atoms with Crippen molar-refractivity contribution in [3.63, 3.8) is 0 Å². The van der Waals surface area contributed by atoms with E-state index in [9.17, 15) is 4.21 Å². The molecule has 0 amide bonds. The van der Waals surface area contributed by atoms with Crippen LogP contribution in [0.1, 0.15) is 26.7 Å². The van der Waals surface area contributed by atoms with Gasteiger partial charge in [-0.05, 0) is 18.9 Å². The molecule has 86 valence electrons. The van der Waals surface area contributed by atoms with Gasteiger partial charge >= 0.3 is 0 Å². The van der Waals surface area contributed by atoms with Gasteiger partial charge in [0.15, 0.2) is 0 Å². The number of rotatable bonds is 9. The fraction of sp³-hybridized carbons (Fsp3) is 1.00. The molecule has 2 N–H and O–H groups in total. The molecule has 2 atom stereocenters. The van der Waals surface area contributed by atoms with Gasteiger partial charge in [0.25, 0.3) is 0 Å². The van der Waals surface area contributed by atoms with Gasteiger partial charge in [0, 0.05) is 28.9 Å². The third-order valence-electron chi connectivity index (χ3n) is 1.97. The maximum atomic E-state index is 11.4. The van der Waals surface area contributed by atoms with Crippen molar-refractivity contribution in [3.05, 3.63) is 0 Å². The van der Waals surface area contributed by atoms with Crippen molar-refractivity contribution in [2.75, 3.05) is 31.3 Å². The van der Waals surface area contributed by atoms with Crippen molar-refractivity contribution < 1.29 is 8.95 Å². The normalized spacial score (nSPS) is 15.4. The second kappa shape index (κ2) is 9.62. The van der Waals surface area contributed by atoms with Gasteiger partial charge in [-0.2, -0.15) is 0 Å². The zero-order valence-electron chi connectivity index (χ0n) is 9.33. The SMILES string of the molecule is CCCCOCCS(=O)CC(C)CN. The molecule has 0 aliphatic heterocycles. The first-order chi connectivity index (χ1) is 6.70. The summed E-state index contributed by atoms with van der Waals surface area (Å²) in [5.41, 5.74) is 5.45. The number of nitrogens with two attached hydrogens (primary N) is 1. The van der Waals surface area contributed by atoms with E-state index in [0.717, 1.165) is 19.4 Å². The van der Waals surface area contributed by atoms with Gasteiger partial charge in [0.2, 0.25) is 0 Å². The van der Waals surface area contributed by atoms with Crippen molar-refractivity contribution in [2.45, 2.75) is 26.7 Å². The summed E-state index contributed by atoms with van der Waals surface area (Å²) >= 11 is 0. The van der Waals surface area contributed by atoms with Gasteiger partial charge in [-0.3, -0.25) is 4.21 Å². The van der Waals surface area contributed by atoms with Crippen molar-refractivity contribution in [2.24, 2.45) is 11.7 Å². The summed E-state index contributed by atoms with van der Waals surface area (Å²) in [5.74, 6) is 1.70. The molecule has 0 aromatic carbocycles. The summed E-state index contributed by atoms with van der Waals surface area (Å²) in [6.45, 7) is 6.17. The van der Waals surface area contributed by atoms with Gasteiger partial charge in [0.1, 0.15) is 0 Å². The Balaban J connectivity index is 3.27. The third kappa shape index (κ3) is 8.66. The van der Waals surface area contributed by atoms with E-state index in [2.05, 4.69) is 6.92 Å². The Labute approximate surface area is 89.9 Å². The Morgan fingerprint density at radius 2 is 2.14 bits per heavy atom. The minimum Gasteiger partial charge on any atom is -0.380 e. The van der Waals surface area contributed by atoms with Crippen LogP contribution in [0.4, 0.5) is 0 Å². The van der Waals surface area contributed by atoms with Gasteiger partial charge < -0.3 is 10.5 Å². The molecule has 0 radical (unpaired) electrons. The van der Waals surface area contributed by atoms with Crippen LogP contribution in [0.2, 0.25) is 0 Å². The standard InChI is InChI=1S/C10H23NO2S/c1-3-4-5-13-6-7-14(12)9-10(2)8-11/h10H,3-9,11H2,1-2H3. The number of ether oxygens (including phenoxy) is 1. The minimum atomic E-state index is -0.760. The fourth-order valence-corrected chi connectivity index (χ4v) is 2.21. The van der Waals surface area contributed by atoms with E-state index in [0.29, 0.717) is 30.6 Å². The molecule has 0 aromatic heterocycles. The summed E-state index contributed by atoms with van der Waals surface area (Å²) in [5, 5.41) is 0. The predicted molar refractivity (Wildman–Crippen MR) is 61.8 cm³/mol. The fourth-order valence-electron chi connectivity index (χ4n) is 0.969. The zero-order chi connectivity index (χ0) is 10.8. The molecule has 0 aliphatic carbocycles. The van der Waals surface area contributed by atoms with Crippen LogP contribution >= 0.6 is 0 Å². The topological polar surface area (TPSA) is 52.3 Å². The molecular formula is C10H23NO2S. The highest BCUT2D eigenvalue weighted by Crippen LogP contribution is 1.96. The zero-order valence-corrected chi connectivity index (χ0v) is 10.1. The van der Waals surface area contributed by atoms with Crippen LogP contribution in [0, 0.1) is 5.92 Å². The van der Waals surface area contributed by atoms with E-state index >= 15 is 0 Å². The summed E-state index contributed by atoms with van der Waals surface area (Å²) in [6, 6.07) is 0. The minimum absolute atomic E-state index is 0.353. The van der Waals surface area contributed by atoms with E-state index in [1.54, 1.807) is 0 Å². The first-order valence-corrected chi connectivity index (χ1v) is 6.82. The van der Waals surface area contributed by atoms with E-state index in [4.69, 9.17) is 10.5 Å². The Hall–Kier alpha value is 0.0700. The van der Waals surface area contributed by atoms with Crippen LogP contribution in [0.5, 0.6) is 0 Å². The molecule has 0 aromatic rings. The average Bonchev–Trinajstić information content (AvgIpc) is 2.17. The Morgan fingerprint density at radius 1 is 1.43 bits per heavy atom. The molecule has 0 aliphatic rings. The van der Waals surface area contributed by atoms with Crippen LogP contribution < -0.4 is 5.73 Å². The predicted octanol–water partition coefficient (Wildman–Crippen LogP) is 1.15. The second-order valence-electron chi connectivity index (χ2n) is 3.62. The van der Waals surface area contributed by atoms with Crippen LogP contribution in [0.15, 0.2) is 0 Å². The number of hydrogen-bond acceptors (Lipinski definition) is 3. The lowest BCUT2D eigenvalue weighted by atomic mass is 10.2. The lowest BCUT2D eigenvalue weighted by Crippen LogP contribution is -2.20. The second-order valence-corrected chi connectivity index (χ2v) is 5.24. The molecule has 0 fully saturated rings. The van der Waals surface area contributed by atoms with Gasteiger partial charge in [-0.25, -0.2) is 0 Å². The Morgan fingerprint density at radius 3 is 2.71 bits per heavy atom. The molecule has 0 spiro atoms. The molecule has 2 unspecified atom stereocenters. The number of hydrogen-bond donors (Lipinski definition) is 1. The monoisotopic (exact) mass is 221 g/mol. The maximum Gasteiger partial charge on any atom is 0.0581 e. The molecular weight excluding hydrogens is 198 g/mol. The van der Waals surface area contributed by atoms with Crippen molar-refractivity contribution >= 4 is 10.8 Å². The molecule has 14 heavy (non-hydrogen) atoms. The highest BCUT2D eigenvalue weighted by Gasteiger charge is 2.05. The number of unbranched alkanes of at least 4 members (excludes halogenated alkanes) is 1. The Kier molecular flexibility index (Phi) is 9.67. The molecule has 3 nitrogen and oxygen atoms in total. The van der Waals surface area contributed by atoms with E-state index in [1.807, 2.05) is 6.92 Å². The van der Waals surface area contributed by atoms with E-state index < -0.39 is 10.8 Å². The summed E-state index contributed by atoms with van der Waals surface area (Å²) < 4.78 is 16.8. The molecule has 4 heteroatoms. The van der Waals surface area contributed by atoms with E-state index in [-0.39, 0.29) is 0 Å². The largest absolute Gasteiger partial charge is 0.380 e. The first-order valence-electron chi connectivity index (χ1n) is 5.33. The molecule has 0 saturated heterocycles. The summed E-state index contributed by atoms with van der Waals surface area (Å²) in [4.78, 5) is 0. The molecule has 0 bridgehead atoms. The van der Waals surface area contributed by atoms with Gasteiger partial charge in [0.05, 0.1) is 6.61 Å². The summed E-state index contributed by atoms with van der Waals surface area (Å²) in [7, 11) is -0.760. The van der Waals surface area contributed by atoms with Crippen LogP contribution in [0.3, 0.4) is 0 Å². The lowest BCUT2D eigenvalue weighted by molar-refractivity contribution is 0.146. The molecule has 0 saturated carbocycles. The van der Waals surface area contributed by atoms with Crippen molar-refractivity contribution in [1.82, 2.24) is 0 Å². The smallest absolute Gasteiger partial charge is 0.0581 e. The quantitative estimate of drug-likeness (QED) is 0.594. The molecule has 0 heterocycles. The lowest BCUT2D eigenvalue weighted by Gasteiger charge is -2.08. The van der Waals surface area contributed by atoms with Gasteiger partial charge in [-0.1, -0.05) is 20.3 Å². The van der Waals surface area contributed by atoms with Crippen molar-refractivity contribution in [3.8, 4) is 0 Å². The Bertz CT molecular complexity index is 153. The van der Waals surface area contributed by atoms with Crippen molar-refractivity contribution in [1.29, 1.82) is 0 Å². The highest BCUT2D eigenvalue weighted by atomic mass is 32.2. The van der Waals surface area contributed by atoms with Crippen LogP contribution in [-0.2, 0) is 15.5 Å². The summed E-state index contributed by atoms with van der Waals surface area (Å²) in [6.07, 6.45) is 2.24. The maximum absolute atomic E-state index is 11.4. The highest BCUT2D eigenvalue weighted by molar-refractivity contribution is 7.85.